The van der Waals surface area contributed by atoms with Gasteiger partial charge in [-0.1, -0.05) is 12.1 Å². The SMILES string of the molecule is CCOc1ccccc1S(=O)(=O)N1CC(Oc2cc(C)oc(=O)c2)C1. The number of aryl methyl sites for hydroxylation is 1. The number of rotatable bonds is 6. The topological polar surface area (TPSA) is 86.1 Å². The Bertz CT molecular complexity index is 915. The molecule has 0 aliphatic carbocycles. The predicted octanol–water partition coefficient (Wildman–Crippen LogP) is 1.80. The highest BCUT2D eigenvalue weighted by molar-refractivity contribution is 7.89. The van der Waals surface area contributed by atoms with Crippen molar-refractivity contribution in [2.75, 3.05) is 19.7 Å². The molecule has 3 rings (SSSR count). The van der Waals surface area contributed by atoms with Crippen LogP contribution < -0.4 is 15.1 Å². The maximum atomic E-state index is 12.7. The number of benzene rings is 1. The maximum absolute atomic E-state index is 12.7. The van der Waals surface area contributed by atoms with Gasteiger partial charge < -0.3 is 13.9 Å². The summed E-state index contributed by atoms with van der Waals surface area (Å²) in [5, 5.41) is 0. The second kappa shape index (κ2) is 6.89. The van der Waals surface area contributed by atoms with Gasteiger partial charge >= 0.3 is 5.63 Å². The maximum Gasteiger partial charge on any atom is 0.339 e. The number of para-hydroxylation sites is 1. The van der Waals surface area contributed by atoms with Crippen molar-refractivity contribution in [3.8, 4) is 11.5 Å². The van der Waals surface area contributed by atoms with Crippen molar-refractivity contribution in [2.45, 2.75) is 24.8 Å². The summed E-state index contributed by atoms with van der Waals surface area (Å²) in [4.78, 5) is 11.5. The quantitative estimate of drug-likeness (QED) is 0.776. The summed E-state index contributed by atoms with van der Waals surface area (Å²) in [5.41, 5.74) is -0.496. The molecule has 1 fully saturated rings. The largest absolute Gasteiger partial charge is 0.492 e. The lowest BCUT2D eigenvalue weighted by molar-refractivity contribution is 0.0752. The van der Waals surface area contributed by atoms with Crippen molar-refractivity contribution >= 4 is 10.0 Å². The number of hydrogen-bond acceptors (Lipinski definition) is 6. The molecule has 0 radical (unpaired) electrons. The monoisotopic (exact) mass is 365 g/mol. The third-order valence-corrected chi connectivity index (χ3v) is 5.62. The third-order valence-electron chi connectivity index (χ3n) is 3.75. The summed E-state index contributed by atoms with van der Waals surface area (Å²) in [5.74, 6) is 1.16. The van der Waals surface area contributed by atoms with Gasteiger partial charge in [-0.25, -0.2) is 13.2 Å². The van der Waals surface area contributed by atoms with Crippen LogP contribution in [0.4, 0.5) is 0 Å². The fourth-order valence-corrected chi connectivity index (χ4v) is 4.22. The second-order valence-corrected chi connectivity index (χ2v) is 7.57. The zero-order valence-corrected chi connectivity index (χ0v) is 14.8. The standard InChI is InChI=1S/C17H19NO6S/c1-3-22-15-6-4-5-7-16(15)25(20,21)18-10-14(11-18)24-13-8-12(2)23-17(19)9-13/h4-9,14H,3,10-11H2,1-2H3. The van der Waals surface area contributed by atoms with E-state index in [4.69, 9.17) is 13.9 Å². The van der Waals surface area contributed by atoms with E-state index in [1.807, 2.05) is 0 Å². The van der Waals surface area contributed by atoms with Gasteiger partial charge in [0.1, 0.15) is 28.3 Å². The molecule has 8 heteroatoms. The van der Waals surface area contributed by atoms with Gasteiger partial charge in [0.25, 0.3) is 0 Å². The first kappa shape index (κ1) is 17.5. The average Bonchev–Trinajstić information content (AvgIpc) is 2.50. The fraction of sp³-hybridized carbons (Fsp3) is 0.353. The van der Waals surface area contributed by atoms with Gasteiger partial charge in [-0.2, -0.15) is 4.31 Å². The molecule has 2 aromatic rings. The van der Waals surface area contributed by atoms with Crippen molar-refractivity contribution < 1.29 is 22.3 Å². The first-order chi connectivity index (χ1) is 11.9. The molecule has 0 N–H and O–H groups in total. The first-order valence-electron chi connectivity index (χ1n) is 7.90. The second-order valence-electron chi connectivity index (χ2n) is 5.66. The smallest absolute Gasteiger partial charge is 0.339 e. The fourth-order valence-electron chi connectivity index (χ4n) is 2.58. The Kier molecular flexibility index (Phi) is 4.82. The lowest BCUT2D eigenvalue weighted by atomic mass is 10.2. The van der Waals surface area contributed by atoms with E-state index in [-0.39, 0.29) is 24.1 Å². The number of ether oxygens (including phenoxy) is 2. The van der Waals surface area contributed by atoms with Gasteiger partial charge in [0.05, 0.1) is 25.8 Å². The molecular weight excluding hydrogens is 346 g/mol. The van der Waals surface area contributed by atoms with Gasteiger partial charge in [-0.05, 0) is 26.0 Å². The van der Waals surface area contributed by atoms with Crippen molar-refractivity contribution in [2.24, 2.45) is 0 Å². The van der Waals surface area contributed by atoms with Crippen LogP contribution in [-0.4, -0.2) is 38.5 Å². The molecule has 134 valence electrons. The van der Waals surface area contributed by atoms with E-state index >= 15 is 0 Å². The number of sulfonamides is 1. The molecule has 1 saturated heterocycles. The molecule has 0 unspecified atom stereocenters. The van der Waals surface area contributed by atoms with Crippen molar-refractivity contribution in [3.63, 3.8) is 0 Å². The number of hydrogen-bond donors (Lipinski definition) is 0. The van der Waals surface area contributed by atoms with E-state index in [0.717, 1.165) is 0 Å². The molecule has 0 atom stereocenters. The lowest BCUT2D eigenvalue weighted by Crippen LogP contribution is -2.56. The van der Waals surface area contributed by atoms with Gasteiger partial charge in [0, 0.05) is 6.07 Å². The summed E-state index contributed by atoms with van der Waals surface area (Å²) in [6, 6.07) is 9.40. The molecule has 25 heavy (non-hydrogen) atoms. The Balaban J connectivity index is 1.70. The van der Waals surface area contributed by atoms with Crippen LogP contribution in [0.2, 0.25) is 0 Å². The minimum atomic E-state index is -3.65. The molecule has 1 aromatic carbocycles. The van der Waals surface area contributed by atoms with Crippen molar-refractivity contribution in [1.29, 1.82) is 0 Å². The third kappa shape index (κ3) is 3.69. The minimum absolute atomic E-state index is 0.145. The van der Waals surface area contributed by atoms with Gasteiger partial charge in [-0.15, -0.1) is 0 Å². The molecule has 1 aliphatic heterocycles. The zero-order valence-electron chi connectivity index (χ0n) is 14.0. The van der Waals surface area contributed by atoms with Crippen LogP contribution in [0.15, 0.2) is 50.5 Å². The summed E-state index contributed by atoms with van der Waals surface area (Å²) >= 11 is 0. The Hall–Kier alpha value is -2.32. The molecule has 0 saturated carbocycles. The normalized spacial score (nSPS) is 15.6. The Morgan fingerprint density at radius 1 is 1.24 bits per heavy atom. The van der Waals surface area contributed by atoms with Crippen LogP contribution in [0.3, 0.4) is 0 Å². The molecule has 1 aromatic heterocycles. The van der Waals surface area contributed by atoms with Crippen LogP contribution in [0.5, 0.6) is 11.5 Å². The van der Waals surface area contributed by atoms with E-state index in [2.05, 4.69) is 0 Å². The van der Waals surface area contributed by atoms with E-state index in [0.29, 0.717) is 23.9 Å². The molecule has 0 bridgehead atoms. The van der Waals surface area contributed by atoms with E-state index in [1.165, 1.54) is 16.4 Å². The lowest BCUT2D eigenvalue weighted by Gasteiger charge is -2.37. The minimum Gasteiger partial charge on any atom is -0.492 e. The zero-order chi connectivity index (χ0) is 18.0. The summed E-state index contributed by atoms with van der Waals surface area (Å²) in [7, 11) is -3.65. The summed E-state index contributed by atoms with van der Waals surface area (Å²) in [6.07, 6.45) is -0.310. The highest BCUT2D eigenvalue weighted by Crippen LogP contribution is 2.30. The molecule has 0 spiro atoms. The van der Waals surface area contributed by atoms with E-state index < -0.39 is 15.6 Å². The molecule has 7 nitrogen and oxygen atoms in total. The van der Waals surface area contributed by atoms with Crippen molar-refractivity contribution in [3.05, 3.63) is 52.6 Å². The molecule has 0 amide bonds. The molecule has 1 aliphatic rings. The molecular formula is C17H19NO6S. The van der Waals surface area contributed by atoms with Crippen LogP contribution >= 0.6 is 0 Å². The van der Waals surface area contributed by atoms with Gasteiger partial charge in [0.2, 0.25) is 10.0 Å². The van der Waals surface area contributed by atoms with Gasteiger partial charge in [0.15, 0.2) is 0 Å². The first-order valence-corrected chi connectivity index (χ1v) is 9.34. The Morgan fingerprint density at radius 3 is 2.64 bits per heavy atom. The van der Waals surface area contributed by atoms with E-state index in [9.17, 15) is 13.2 Å². The predicted molar refractivity (Wildman–Crippen MR) is 90.5 cm³/mol. The van der Waals surface area contributed by atoms with Crippen LogP contribution in [-0.2, 0) is 10.0 Å². The molecule has 2 heterocycles. The highest BCUT2D eigenvalue weighted by atomic mass is 32.2. The summed E-state index contributed by atoms with van der Waals surface area (Å²) in [6.45, 7) is 4.25. The number of nitrogens with zero attached hydrogens (tertiary/aromatic N) is 1. The van der Waals surface area contributed by atoms with Crippen LogP contribution in [0, 0.1) is 6.92 Å². The Labute approximate surface area is 145 Å². The van der Waals surface area contributed by atoms with Gasteiger partial charge in [-0.3, -0.25) is 0 Å². The Morgan fingerprint density at radius 2 is 1.96 bits per heavy atom. The average molecular weight is 365 g/mol. The summed E-state index contributed by atoms with van der Waals surface area (Å²) < 4.78 is 42.7. The van der Waals surface area contributed by atoms with Crippen LogP contribution in [0.1, 0.15) is 12.7 Å². The highest BCUT2D eigenvalue weighted by Gasteiger charge is 2.39. The van der Waals surface area contributed by atoms with Crippen LogP contribution in [0.25, 0.3) is 0 Å². The van der Waals surface area contributed by atoms with Crippen molar-refractivity contribution in [1.82, 2.24) is 4.31 Å². The van der Waals surface area contributed by atoms with E-state index in [1.54, 1.807) is 38.1 Å².